The molecule has 1 aromatic heterocycles. The molecule has 16 heavy (non-hydrogen) atoms. The summed E-state index contributed by atoms with van der Waals surface area (Å²) in [5.74, 6) is 1.00. The second-order valence-corrected chi connectivity index (χ2v) is 4.31. The lowest BCUT2D eigenvalue weighted by molar-refractivity contribution is -0.122. The first kappa shape index (κ1) is 11.1. The van der Waals surface area contributed by atoms with Gasteiger partial charge in [0.1, 0.15) is 5.82 Å². The average Bonchev–Trinajstić information content (AvgIpc) is 2.68. The maximum atomic E-state index is 11.3. The summed E-state index contributed by atoms with van der Waals surface area (Å²) in [4.78, 5) is 15.8. The third-order valence-corrected chi connectivity index (χ3v) is 2.82. The van der Waals surface area contributed by atoms with Crippen molar-refractivity contribution in [2.75, 3.05) is 0 Å². The number of rotatable bonds is 3. The zero-order valence-corrected chi connectivity index (χ0v) is 9.57. The molecule has 2 rings (SSSR count). The number of carbonyl (C=O) groups is 1. The second kappa shape index (κ2) is 4.65. The van der Waals surface area contributed by atoms with Crippen molar-refractivity contribution in [2.45, 2.75) is 45.3 Å². The lowest BCUT2D eigenvalue weighted by Crippen LogP contribution is -2.37. The number of nitrogens with one attached hydrogen (secondary N) is 1. The molecule has 1 unspecified atom stereocenters. The largest absolute Gasteiger partial charge is 0.349 e. The summed E-state index contributed by atoms with van der Waals surface area (Å²) in [5.41, 5.74) is 6.38. The van der Waals surface area contributed by atoms with E-state index < -0.39 is 6.04 Å². The molecule has 3 N–H and O–H groups in total. The highest BCUT2D eigenvalue weighted by atomic mass is 16.2. The van der Waals surface area contributed by atoms with E-state index in [0.717, 1.165) is 24.5 Å². The topological polar surface area (TPSA) is 72.9 Å². The van der Waals surface area contributed by atoms with Crippen molar-refractivity contribution in [1.29, 1.82) is 0 Å². The molecule has 2 heterocycles. The van der Waals surface area contributed by atoms with Crippen LogP contribution in [0.5, 0.6) is 0 Å². The average molecular weight is 222 g/mol. The van der Waals surface area contributed by atoms with Gasteiger partial charge in [-0.15, -0.1) is 0 Å². The number of amides is 1. The highest BCUT2D eigenvalue weighted by Crippen LogP contribution is 2.14. The molecule has 1 aromatic rings. The Hall–Kier alpha value is -1.36. The van der Waals surface area contributed by atoms with E-state index in [1.165, 1.54) is 12.8 Å². The molecule has 5 nitrogen and oxygen atoms in total. The summed E-state index contributed by atoms with van der Waals surface area (Å²) >= 11 is 0. The maximum absolute atomic E-state index is 11.3. The second-order valence-electron chi connectivity index (χ2n) is 4.31. The number of nitrogens with two attached hydrogens (primary N) is 1. The minimum Gasteiger partial charge on any atom is -0.349 e. The van der Waals surface area contributed by atoms with Gasteiger partial charge in [-0.1, -0.05) is 0 Å². The van der Waals surface area contributed by atoms with E-state index in [1.807, 2.05) is 6.20 Å². The van der Waals surface area contributed by atoms with Crippen molar-refractivity contribution in [1.82, 2.24) is 14.9 Å². The van der Waals surface area contributed by atoms with Crippen molar-refractivity contribution in [3.05, 3.63) is 17.7 Å². The first-order chi connectivity index (χ1) is 7.66. The molecule has 0 aromatic carbocycles. The van der Waals surface area contributed by atoms with Crippen LogP contribution >= 0.6 is 0 Å². The Balaban J connectivity index is 1.95. The lowest BCUT2D eigenvalue weighted by Gasteiger charge is -2.11. The SMILES string of the molecule is CC(N)C(=O)NCc1cn2c(n1)CCCC2. The van der Waals surface area contributed by atoms with Crippen molar-refractivity contribution in [3.8, 4) is 0 Å². The van der Waals surface area contributed by atoms with Gasteiger partial charge in [0.05, 0.1) is 18.3 Å². The van der Waals surface area contributed by atoms with Gasteiger partial charge in [-0.3, -0.25) is 4.79 Å². The van der Waals surface area contributed by atoms with Crippen LogP contribution < -0.4 is 11.1 Å². The summed E-state index contributed by atoms with van der Waals surface area (Å²) in [6.45, 7) is 3.19. The zero-order chi connectivity index (χ0) is 11.5. The molecule has 1 aliphatic rings. The molecule has 0 fully saturated rings. The van der Waals surface area contributed by atoms with E-state index in [-0.39, 0.29) is 5.91 Å². The molecule has 1 atom stereocenters. The normalized spacial score (nSPS) is 16.6. The molecule has 0 bridgehead atoms. The fraction of sp³-hybridized carbons (Fsp3) is 0.636. The van der Waals surface area contributed by atoms with Crippen LogP contribution in [0, 0.1) is 0 Å². The smallest absolute Gasteiger partial charge is 0.236 e. The molecule has 1 aliphatic heterocycles. The third kappa shape index (κ3) is 2.41. The number of nitrogens with zero attached hydrogens (tertiary/aromatic N) is 2. The Morgan fingerprint density at radius 3 is 3.19 bits per heavy atom. The van der Waals surface area contributed by atoms with E-state index >= 15 is 0 Å². The molecule has 0 spiro atoms. The van der Waals surface area contributed by atoms with E-state index in [0.29, 0.717) is 6.54 Å². The van der Waals surface area contributed by atoms with Crippen LogP contribution in [0.4, 0.5) is 0 Å². The first-order valence-corrected chi connectivity index (χ1v) is 5.75. The summed E-state index contributed by atoms with van der Waals surface area (Å²) in [5, 5.41) is 2.77. The molecule has 0 saturated carbocycles. The number of aromatic nitrogens is 2. The van der Waals surface area contributed by atoms with Gasteiger partial charge in [-0.2, -0.15) is 0 Å². The summed E-state index contributed by atoms with van der Waals surface area (Å²) in [6, 6.07) is -0.461. The standard InChI is InChI=1S/C11H18N4O/c1-8(12)11(16)13-6-9-7-15-5-3-2-4-10(15)14-9/h7-8H,2-6,12H2,1H3,(H,13,16). The zero-order valence-electron chi connectivity index (χ0n) is 9.57. The molecule has 0 saturated heterocycles. The molecule has 0 aliphatic carbocycles. The monoisotopic (exact) mass is 222 g/mol. The quantitative estimate of drug-likeness (QED) is 0.766. The summed E-state index contributed by atoms with van der Waals surface area (Å²) in [7, 11) is 0. The minimum atomic E-state index is -0.461. The number of hydrogen-bond donors (Lipinski definition) is 2. The van der Waals surface area contributed by atoms with Crippen molar-refractivity contribution in [3.63, 3.8) is 0 Å². The van der Waals surface area contributed by atoms with Gasteiger partial charge >= 0.3 is 0 Å². The predicted octanol–water partition coefficient (Wildman–Crippen LogP) is 0.183. The Kier molecular flexibility index (Phi) is 3.24. The summed E-state index contributed by atoms with van der Waals surface area (Å²) in [6.07, 6.45) is 5.49. The predicted molar refractivity (Wildman–Crippen MR) is 60.7 cm³/mol. The number of fused-ring (bicyclic) bond motifs is 1. The Morgan fingerprint density at radius 2 is 2.50 bits per heavy atom. The number of imidazole rings is 1. The third-order valence-electron chi connectivity index (χ3n) is 2.82. The fourth-order valence-electron chi connectivity index (χ4n) is 1.90. The Morgan fingerprint density at radius 1 is 1.69 bits per heavy atom. The van der Waals surface area contributed by atoms with E-state index in [9.17, 15) is 4.79 Å². The highest BCUT2D eigenvalue weighted by Gasteiger charge is 2.13. The van der Waals surface area contributed by atoms with Crippen molar-refractivity contribution >= 4 is 5.91 Å². The Labute approximate surface area is 95.0 Å². The van der Waals surface area contributed by atoms with Gasteiger partial charge in [-0.05, 0) is 19.8 Å². The molecule has 0 radical (unpaired) electrons. The maximum Gasteiger partial charge on any atom is 0.236 e. The first-order valence-electron chi connectivity index (χ1n) is 5.75. The van der Waals surface area contributed by atoms with Gasteiger partial charge in [0.15, 0.2) is 0 Å². The van der Waals surface area contributed by atoms with Crippen molar-refractivity contribution in [2.24, 2.45) is 5.73 Å². The van der Waals surface area contributed by atoms with Crippen LogP contribution in [-0.2, 0) is 24.3 Å². The molecule has 88 valence electrons. The fourth-order valence-corrected chi connectivity index (χ4v) is 1.90. The molecule has 1 amide bonds. The Bertz CT molecular complexity index is 360. The van der Waals surface area contributed by atoms with Gasteiger partial charge in [-0.25, -0.2) is 4.98 Å². The van der Waals surface area contributed by atoms with Gasteiger partial charge < -0.3 is 15.6 Å². The van der Waals surface area contributed by atoms with Crippen molar-refractivity contribution < 1.29 is 4.79 Å². The van der Waals surface area contributed by atoms with Crippen LogP contribution in [0.2, 0.25) is 0 Å². The number of carbonyl (C=O) groups excluding carboxylic acids is 1. The molecule has 5 heteroatoms. The molecular formula is C11H18N4O. The van der Waals surface area contributed by atoms with Crippen LogP contribution in [0.25, 0.3) is 0 Å². The van der Waals surface area contributed by atoms with Crippen LogP contribution in [-0.4, -0.2) is 21.5 Å². The highest BCUT2D eigenvalue weighted by molar-refractivity contribution is 5.80. The number of aryl methyl sites for hydroxylation is 2. The summed E-state index contributed by atoms with van der Waals surface area (Å²) < 4.78 is 2.18. The van der Waals surface area contributed by atoms with Crippen LogP contribution in [0.1, 0.15) is 31.3 Å². The van der Waals surface area contributed by atoms with Gasteiger partial charge in [0, 0.05) is 19.2 Å². The van der Waals surface area contributed by atoms with E-state index in [2.05, 4.69) is 14.9 Å². The minimum absolute atomic E-state index is 0.133. The van der Waals surface area contributed by atoms with Crippen LogP contribution in [0.3, 0.4) is 0 Å². The van der Waals surface area contributed by atoms with Crippen LogP contribution in [0.15, 0.2) is 6.20 Å². The van der Waals surface area contributed by atoms with Gasteiger partial charge in [0.2, 0.25) is 5.91 Å². The number of hydrogen-bond acceptors (Lipinski definition) is 3. The lowest BCUT2D eigenvalue weighted by atomic mass is 10.2. The van der Waals surface area contributed by atoms with E-state index in [4.69, 9.17) is 5.73 Å². The van der Waals surface area contributed by atoms with E-state index in [1.54, 1.807) is 6.92 Å². The van der Waals surface area contributed by atoms with Gasteiger partial charge in [0.25, 0.3) is 0 Å². The molecular weight excluding hydrogens is 204 g/mol.